The van der Waals surface area contributed by atoms with Crippen LogP contribution in [-0.4, -0.2) is 80.8 Å². The molecule has 316 valence electrons. The van der Waals surface area contributed by atoms with E-state index in [0.29, 0.717) is 48.9 Å². The summed E-state index contributed by atoms with van der Waals surface area (Å²) in [5, 5.41) is 25.7. The minimum Gasteiger partial charge on any atom is -0.508 e. The zero-order valence-electron chi connectivity index (χ0n) is 33.2. The number of ether oxygens (including phenoxy) is 3. The van der Waals surface area contributed by atoms with Crippen LogP contribution < -0.4 is 21.0 Å². The molecule has 4 aliphatic heterocycles. The largest absolute Gasteiger partial charge is 0.508 e. The standard InChI is InChI=1S/C43H32ClN3O12S2.2Ac/c1-3-56-42(55)36-21(18-61-39-35(38(52)47(36)39)46-34(50)16-45-37(51)26-11-20-12-30(44)19(2)10-31(20)58-40(26)53)17-60-24-6-9-27-25(15-24)41(54)59-43(27)28-7-4-22(48)13-32(28)57-33-14-23(49)5-8-29(33)43;;/h4-15,35,39,48-49H,3,16-18H2,1-2H3,(H,45,51)(H,46,50);;. The van der Waals surface area contributed by atoms with Crippen LogP contribution in [0.3, 0.4) is 0 Å². The predicted molar refractivity (Wildman–Crippen MR) is 222 cm³/mol. The van der Waals surface area contributed by atoms with Gasteiger partial charge in [0.15, 0.2) is 5.60 Å². The second kappa shape index (κ2) is 18.7. The van der Waals surface area contributed by atoms with Crippen molar-refractivity contribution in [3.05, 3.63) is 133 Å². The molecule has 1 spiro atoms. The van der Waals surface area contributed by atoms with E-state index in [4.69, 9.17) is 30.2 Å². The van der Waals surface area contributed by atoms with Crippen molar-refractivity contribution in [1.29, 1.82) is 0 Å². The van der Waals surface area contributed by atoms with E-state index >= 15 is 0 Å². The minimum atomic E-state index is -1.42. The van der Waals surface area contributed by atoms with Gasteiger partial charge in [-0.2, -0.15) is 0 Å². The van der Waals surface area contributed by atoms with E-state index in [1.807, 2.05) is 6.07 Å². The number of fused-ring (bicyclic) bond motifs is 8. The van der Waals surface area contributed by atoms with Gasteiger partial charge in [0.25, 0.3) is 11.8 Å². The third-order valence-corrected chi connectivity index (χ3v) is 13.5. The van der Waals surface area contributed by atoms with Crippen LogP contribution in [0.4, 0.5) is 0 Å². The maximum Gasteiger partial charge on any atom is 0.355 e. The van der Waals surface area contributed by atoms with E-state index in [1.54, 1.807) is 50.2 Å². The number of hydrogen-bond donors (Lipinski definition) is 4. The SMILES string of the molecule is CCOC(=O)C1=C(CSc2ccc3c(c2)C(=O)OC32c3ccc(O)cc3Oc3cc(O)ccc32)CSC2C(NC(=O)CNC(=O)c3cc4cc(Cl)c(C)cc4oc3=O)C(=O)N12.[Ac].[Ac]. The van der Waals surface area contributed by atoms with Crippen LogP contribution in [0.2, 0.25) is 5.02 Å². The van der Waals surface area contributed by atoms with Gasteiger partial charge in [-0.1, -0.05) is 17.7 Å². The normalized spacial score (nSPS) is 17.4. The summed E-state index contributed by atoms with van der Waals surface area (Å²) in [4.78, 5) is 81.0. The van der Waals surface area contributed by atoms with Crippen LogP contribution in [-0.2, 0) is 29.5 Å². The first kappa shape index (κ1) is 47.4. The smallest absolute Gasteiger partial charge is 0.355 e. The van der Waals surface area contributed by atoms with E-state index in [-0.39, 0.29) is 146 Å². The number of thioether (sulfide) groups is 2. The molecule has 2 atom stereocenters. The number of rotatable bonds is 9. The molecular formula is C43H32Ac2ClN3O12S2. The van der Waals surface area contributed by atoms with Crippen molar-refractivity contribution in [3.8, 4) is 23.0 Å². The summed E-state index contributed by atoms with van der Waals surface area (Å²) in [5.41, 5.74) is 0.767. The van der Waals surface area contributed by atoms with Crippen LogP contribution in [0.25, 0.3) is 11.0 Å². The van der Waals surface area contributed by atoms with Gasteiger partial charge in [0, 0.05) is 144 Å². The van der Waals surface area contributed by atoms with Gasteiger partial charge in [0.2, 0.25) is 5.91 Å². The Morgan fingerprint density at radius 1 is 0.952 bits per heavy atom. The summed E-state index contributed by atoms with van der Waals surface area (Å²) in [6, 6.07) is 17.8. The molecule has 2 radical (unpaired) electrons. The fraction of sp³-hybridized carbons (Fsp3) is 0.209. The summed E-state index contributed by atoms with van der Waals surface area (Å²) in [5.74, 6) is -2.45. The average molecular weight is 1340 g/mol. The summed E-state index contributed by atoms with van der Waals surface area (Å²) in [7, 11) is 0. The van der Waals surface area contributed by atoms with Gasteiger partial charge in [-0.25, -0.2) is 14.4 Å². The molecule has 1 saturated heterocycles. The molecule has 9 rings (SSSR count). The number of hydrogen-bond acceptors (Lipinski definition) is 14. The Hall–Kier alpha value is -3.55. The Morgan fingerprint density at radius 3 is 2.32 bits per heavy atom. The molecule has 0 aliphatic carbocycles. The number of aryl methyl sites for hydroxylation is 1. The van der Waals surface area contributed by atoms with Crippen molar-refractivity contribution in [2.24, 2.45) is 0 Å². The monoisotopic (exact) mass is 1340 g/mol. The summed E-state index contributed by atoms with van der Waals surface area (Å²) < 4.78 is 22.9. The molecule has 0 bridgehead atoms. The molecule has 4 aromatic carbocycles. The third-order valence-electron chi connectivity index (χ3n) is 10.7. The van der Waals surface area contributed by atoms with Gasteiger partial charge in [-0.3, -0.25) is 19.3 Å². The number of β-lactam (4-membered cyclic amide) rings is 1. The van der Waals surface area contributed by atoms with Gasteiger partial charge >= 0.3 is 17.6 Å². The topological polar surface area (TPSA) is 211 Å². The van der Waals surface area contributed by atoms with Crippen LogP contribution in [0.15, 0.2) is 98.2 Å². The number of aromatic hydroxyl groups is 2. The third kappa shape index (κ3) is 8.45. The maximum atomic E-state index is 13.6. The van der Waals surface area contributed by atoms with Crippen molar-refractivity contribution < 1.29 is 141 Å². The number of nitrogens with zero attached hydrogens (tertiary/aromatic N) is 1. The predicted octanol–water partition coefficient (Wildman–Crippen LogP) is 5.47. The van der Waals surface area contributed by atoms with E-state index in [0.717, 1.165) is 0 Å². The van der Waals surface area contributed by atoms with Crippen LogP contribution in [0.1, 0.15) is 49.9 Å². The van der Waals surface area contributed by atoms with Gasteiger partial charge in [0.1, 0.15) is 51.3 Å². The second-order valence-electron chi connectivity index (χ2n) is 14.4. The number of halogens is 1. The number of benzene rings is 4. The molecular weight excluding hydrogens is 1300 g/mol. The first-order chi connectivity index (χ1) is 29.3. The Balaban J connectivity index is 0.00000298. The van der Waals surface area contributed by atoms with Crippen LogP contribution in [0.5, 0.6) is 23.0 Å². The molecule has 3 amide bonds. The molecule has 1 aromatic heterocycles. The van der Waals surface area contributed by atoms with Crippen LogP contribution >= 0.6 is 35.1 Å². The Morgan fingerprint density at radius 2 is 1.63 bits per heavy atom. The molecule has 2 unspecified atom stereocenters. The number of carbonyl (C=O) groups is 5. The molecule has 0 saturated carbocycles. The van der Waals surface area contributed by atoms with Crippen molar-refractivity contribution in [2.45, 2.75) is 35.8 Å². The fourth-order valence-corrected chi connectivity index (χ4v) is 10.4. The summed E-state index contributed by atoms with van der Waals surface area (Å²) >= 11 is 8.86. The molecule has 5 heterocycles. The van der Waals surface area contributed by atoms with Gasteiger partial charge in [0.05, 0.1) is 18.7 Å². The van der Waals surface area contributed by atoms with Crippen molar-refractivity contribution in [1.82, 2.24) is 15.5 Å². The summed E-state index contributed by atoms with van der Waals surface area (Å²) in [6.07, 6.45) is 0. The molecule has 20 heteroatoms. The number of carbonyl (C=O) groups excluding carboxylic acids is 5. The average Bonchev–Trinajstić information content (AvgIpc) is 3.51. The first-order valence-corrected chi connectivity index (χ1v) is 21.2. The number of esters is 2. The van der Waals surface area contributed by atoms with E-state index < -0.39 is 58.8 Å². The van der Waals surface area contributed by atoms with Gasteiger partial charge in [-0.05, 0) is 79.6 Å². The molecule has 63 heavy (non-hydrogen) atoms. The first-order valence-electron chi connectivity index (χ1n) is 18.8. The Bertz CT molecular complexity index is 2840. The second-order valence-corrected chi connectivity index (χ2v) is 17.0. The van der Waals surface area contributed by atoms with Crippen molar-refractivity contribution in [2.75, 3.05) is 24.7 Å². The molecule has 15 nitrogen and oxygen atoms in total. The zero-order valence-corrected chi connectivity index (χ0v) is 45.1. The number of phenols is 2. The molecule has 5 aromatic rings. The van der Waals surface area contributed by atoms with E-state index in [2.05, 4.69) is 10.6 Å². The van der Waals surface area contributed by atoms with Crippen molar-refractivity contribution in [3.63, 3.8) is 0 Å². The maximum absolute atomic E-state index is 13.6. The van der Waals surface area contributed by atoms with E-state index in [1.165, 1.54) is 58.8 Å². The molecule has 1 fully saturated rings. The van der Waals surface area contributed by atoms with Gasteiger partial charge < -0.3 is 39.5 Å². The number of phenolic OH excluding ortho intramolecular Hbond substituents is 2. The Kier molecular flexibility index (Phi) is 14.1. The van der Waals surface area contributed by atoms with Crippen molar-refractivity contribution >= 4 is 75.8 Å². The summed E-state index contributed by atoms with van der Waals surface area (Å²) in [6.45, 7) is 2.89. The molecule has 4 aliphatic rings. The van der Waals surface area contributed by atoms with Crippen LogP contribution in [0, 0.1) is 95.0 Å². The fourth-order valence-electron chi connectivity index (χ4n) is 7.81. The molecule has 4 N–H and O–H groups in total. The zero-order chi connectivity index (χ0) is 42.9. The van der Waals surface area contributed by atoms with Gasteiger partial charge in [-0.15, -0.1) is 23.5 Å². The Labute approximate surface area is 443 Å². The number of nitrogens with one attached hydrogen (secondary N) is 2. The minimum absolute atomic E-state index is 0. The van der Waals surface area contributed by atoms with E-state index in [9.17, 15) is 39.0 Å². The number of amides is 3. The quantitative estimate of drug-likeness (QED) is 0.0625.